The van der Waals surface area contributed by atoms with Crippen molar-refractivity contribution in [2.24, 2.45) is 5.92 Å². The highest BCUT2D eigenvalue weighted by Gasteiger charge is 2.12. The highest BCUT2D eigenvalue weighted by Crippen LogP contribution is 2.02. The third-order valence-corrected chi connectivity index (χ3v) is 2.83. The summed E-state index contributed by atoms with van der Waals surface area (Å²) in [5.74, 6) is -0.188. The second-order valence-corrected chi connectivity index (χ2v) is 4.76. The van der Waals surface area contributed by atoms with E-state index in [-0.39, 0.29) is 17.9 Å². The van der Waals surface area contributed by atoms with Crippen LogP contribution in [0.4, 0.5) is 0 Å². The van der Waals surface area contributed by atoms with Crippen molar-refractivity contribution >= 4 is 5.97 Å². The van der Waals surface area contributed by atoms with E-state index in [1.165, 1.54) is 5.56 Å². The molecule has 1 N–H and O–H groups in total. The molecule has 3 nitrogen and oxygen atoms in total. The van der Waals surface area contributed by atoms with E-state index in [1.54, 1.807) is 0 Å². The highest BCUT2D eigenvalue weighted by atomic mass is 16.5. The lowest BCUT2D eigenvalue weighted by atomic mass is 10.2. The van der Waals surface area contributed by atoms with E-state index in [0.29, 0.717) is 6.61 Å². The summed E-state index contributed by atoms with van der Waals surface area (Å²) < 4.78 is 5.24. The molecule has 18 heavy (non-hydrogen) atoms. The van der Waals surface area contributed by atoms with Gasteiger partial charge in [-0.25, -0.2) is 0 Å². The van der Waals surface area contributed by atoms with Crippen LogP contribution in [0.5, 0.6) is 0 Å². The second-order valence-electron chi connectivity index (χ2n) is 4.76. The number of carbonyl (C=O) groups is 1. The molecule has 0 aliphatic carbocycles. The Morgan fingerprint density at radius 3 is 2.50 bits per heavy atom. The van der Waals surface area contributed by atoms with E-state index in [9.17, 15) is 4.79 Å². The van der Waals surface area contributed by atoms with Gasteiger partial charge in [-0.15, -0.1) is 0 Å². The van der Waals surface area contributed by atoms with E-state index in [0.717, 1.165) is 13.0 Å². The first-order valence-corrected chi connectivity index (χ1v) is 6.57. The third-order valence-electron chi connectivity index (χ3n) is 2.83. The molecule has 0 aliphatic rings. The molecule has 0 saturated heterocycles. The van der Waals surface area contributed by atoms with Crippen LogP contribution in [0, 0.1) is 5.92 Å². The van der Waals surface area contributed by atoms with Crippen LogP contribution in [0.2, 0.25) is 0 Å². The Labute approximate surface area is 110 Å². The van der Waals surface area contributed by atoms with Crippen LogP contribution in [0.15, 0.2) is 30.3 Å². The average molecular weight is 249 g/mol. The van der Waals surface area contributed by atoms with Gasteiger partial charge < -0.3 is 10.1 Å². The molecule has 0 bridgehead atoms. The van der Waals surface area contributed by atoms with Crippen molar-refractivity contribution in [1.82, 2.24) is 5.32 Å². The molecule has 0 amide bonds. The standard InChI is InChI=1S/C15H23NO2/c1-4-14(11-18-15(17)12(2)3)16-10-13-8-6-5-7-9-13/h5-9,12,14,16H,4,10-11H2,1-3H3. The summed E-state index contributed by atoms with van der Waals surface area (Å²) in [5.41, 5.74) is 1.24. The minimum atomic E-state index is -0.130. The Morgan fingerprint density at radius 1 is 1.28 bits per heavy atom. The Hall–Kier alpha value is -1.35. The quantitative estimate of drug-likeness (QED) is 0.755. The first kappa shape index (κ1) is 14.7. The van der Waals surface area contributed by atoms with Crippen LogP contribution in [-0.2, 0) is 16.1 Å². The van der Waals surface area contributed by atoms with Gasteiger partial charge in [0.05, 0.1) is 5.92 Å². The number of rotatable bonds is 7. The van der Waals surface area contributed by atoms with E-state index in [2.05, 4.69) is 24.4 Å². The van der Waals surface area contributed by atoms with E-state index < -0.39 is 0 Å². The van der Waals surface area contributed by atoms with Gasteiger partial charge in [-0.1, -0.05) is 51.1 Å². The number of nitrogens with one attached hydrogen (secondary N) is 1. The lowest BCUT2D eigenvalue weighted by Gasteiger charge is -2.17. The summed E-state index contributed by atoms with van der Waals surface area (Å²) in [5, 5.41) is 3.40. The van der Waals surface area contributed by atoms with Gasteiger partial charge in [0, 0.05) is 12.6 Å². The van der Waals surface area contributed by atoms with Gasteiger partial charge in [-0.05, 0) is 12.0 Å². The first-order chi connectivity index (χ1) is 8.63. The Bertz CT molecular complexity index is 349. The zero-order valence-electron chi connectivity index (χ0n) is 11.5. The molecule has 100 valence electrons. The van der Waals surface area contributed by atoms with Crippen molar-refractivity contribution in [2.75, 3.05) is 6.61 Å². The lowest BCUT2D eigenvalue weighted by molar-refractivity contribution is -0.148. The fraction of sp³-hybridized carbons (Fsp3) is 0.533. The smallest absolute Gasteiger partial charge is 0.308 e. The number of benzene rings is 1. The molecule has 0 radical (unpaired) electrons. The minimum absolute atomic E-state index is 0.0587. The Balaban J connectivity index is 2.32. The predicted octanol–water partition coefficient (Wildman–Crippen LogP) is 2.75. The highest BCUT2D eigenvalue weighted by molar-refractivity contribution is 5.71. The normalized spacial score (nSPS) is 12.4. The van der Waals surface area contributed by atoms with Crippen molar-refractivity contribution < 1.29 is 9.53 Å². The van der Waals surface area contributed by atoms with Crippen molar-refractivity contribution in [2.45, 2.75) is 39.8 Å². The molecule has 1 aromatic rings. The maximum atomic E-state index is 11.4. The van der Waals surface area contributed by atoms with Crippen LogP contribution >= 0.6 is 0 Å². The van der Waals surface area contributed by atoms with Crippen molar-refractivity contribution in [3.63, 3.8) is 0 Å². The number of ether oxygens (including phenoxy) is 1. The molecule has 0 aromatic heterocycles. The fourth-order valence-corrected chi connectivity index (χ4v) is 1.53. The van der Waals surface area contributed by atoms with Gasteiger partial charge in [0.25, 0.3) is 0 Å². The number of carbonyl (C=O) groups excluding carboxylic acids is 1. The summed E-state index contributed by atoms with van der Waals surface area (Å²) in [7, 11) is 0. The predicted molar refractivity (Wildman–Crippen MR) is 73.2 cm³/mol. The average Bonchev–Trinajstić information content (AvgIpc) is 2.39. The molecule has 1 unspecified atom stereocenters. The topological polar surface area (TPSA) is 38.3 Å². The molecule has 1 rings (SSSR count). The second kappa shape index (κ2) is 7.88. The zero-order valence-corrected chi connectivity index (χ0v) is 11.5. The fourth-order valence-electron chi connectivity index (χ4n) is 1.53. The van der Waals surface area contributed by atoms with Gasteiger partial charge in [0.15, 0.2) is 0 Å². The van der Waals surface area contributed by atoms with Crippen LogP contribution in [0.1, 0.15) is 32.8 Å². The van der Waals surface area contributed by atoms with E-state index in [1.807, 2.05) is 32.0 Å². The van der Waals surface area contributed by atoms with Crippen molar-refractivity contribution in [3.8, 4) is 0 Å². The summed E-state index contributed by atoms with van der Waals surface area (Å²) in [6, 6.07) is 10.4. The monoisotopic (exact) mass is 249 g/mol. The molecule has 0 aliphatic heterocycles. The van der Waals surface area contributed by atoms with Gasteiger partial charge in [-0.3, -0.25) is 4.79 Å². The summed E-state index contributed by atoms with van der Waals surface area (Å²) >= 11 is 0. The third kappa shape index (κ3) is 5.32. The molecular formula is C15H23NO2. The maximum absolute atomic E-state index is 11.4. The van der Waals surface area contributed by atoms with Crippen molar-refractivity contribution in [3.05, 3.63) is 35.9 Å². The van der Waals surface area contributed by atoms with Gasteiger partial charge in [0.1, 0.15) is 6.61 Å². The Morgan fingerprint density at radius 2 is 1.94 bits per heavy atom. The van der Waals surface area contributed by atoms with Gasteiger partial charge >= 0.3 is 5.97 Å². The van der Waals surface area contributed by atoms with Gasteiger partial charge in [0.2, 0.25) is 0 Å². The lowest BCUT2D eigenvalue weighted by Crippen LogP contribution is -2.34. The largest absolute Gasteiger partial charge is 0.464 e. The van der Waals surface area contributed by atoms with Crippen LogP contribution in [0.3, 0.4) is 0 Å². The van der Waals surface area contributed by atoms with E-state index in [4.69, 9.17) is 4.74 Å². The number of hydrogen-bond donors (Lipinski definition) is 1. The molecule has 0 heterocycles. The molecule has 3 heteroatoms. The minimum Gasteiger partial charge on any atom is -0.464 e. The van der Waals surface area contributed by atoms with Gasteiger partial charge in [-0.2, -0.15) is 0 Å². The Kier molecular flexibility index (Phi) is 6.44. The molecule has 0 fully saturated rings. The SMILES string of the molecule is CCC(COC(=O)C(C)C)NCc1ccccc1. The van der Waals surface area contributed by atoms with Crippen molar-refractivity contribution in [1.29, 1.82) is 0 Å². The molecule has 1 atom stereocenters. The molecule has 0 spiro atoms. The zero-order chi connectivity index (χ0) is 13.4. The molecule has 1 aromatic carbocycles. The van der Waals surface area contributed by atoms with Crippen LogP contribution < -0.4 is 5.32 Å². The van der Waals surface area contributed by atoms with Crippen LogP contribution in [-0.4, -0.2) is 18.6 Å². The molecular weight excluding hydrogens is 226 g/mol. The first-order valence-electron chi connectivity index (χ1n) is 6.57. The number of hydrogen-bond acceptors (Lipinski definition) is 3. The molecule has 0 saturated carbocycles. The summed E-state index contributed by atoms with van der Waals surface area (Å²) in [4.78, 5) is 11.4. The summed E-state index contributed by atoms with van der Waals surface area (Å²) in [6.45, 7) is 7.03. The van der Waals surface area contributed by atoms with E-state index >= 15 is 0 Å². The maximum Gasteiger partial charge on any atom is 0.308 e. The van der Waals surface area contributed by atoms with Crippen LogP contribution in [0.25, 0.3) is 0 Å². The number of esters is 1. The summed E-state index contributed by atoms with van der Waals surface area (Å²) in [6.07, 6.45) is 0.943.